The van der Waals surface area contributed by atoms with Crippen LogP contribution in [-0.4, -0.2) is 22.3 Å². The van der Waals surface area contributed by atoms with Crippen molar-refractivity contribution in [2.45, 2.75) is 30.5 Å². The van der Waals surface area contributed by atoms with E-state index in [0.717, 1.165) is 5.56 Å². The standard InChI is InChI=1S/C22H14Cl2N2O4/c1-10(2)11-4-3-5-14-12(6-11)15(20(29)30-14)13-7-21(8-25)18(27)16(23)17(24)19(28)22(13,21)9-26/h3-7,10,16-17H,1-2H3. The lowest BCUT2D eigenvalue weighted by atomic mass is 9.44. The lowest BCUT2D eigenvalue weighted by molar-refractivity contribution is -0.141. The Balaban J connectivity index is 2.06. The second kappa shape index (κ2) is 6.54. The van der Waals surface area contributed by atoms with Crippen molar-refractivity contribution in [2.24, 2.45) is 10.8 Å². The monoisotopic (exact) mass is 440 g/mol. The van der Waals surface area contributed by atoms with Gasteiger partial charge in [-0.05, 0) is 35.3 Å². The van der Waals surface area contributed by atoms with Crippen molar-refractivity contribution in [1.82, 2.24) is 0 Å². The molecule has 0 aromatic heterocycles. The van der Waals surface area contributed by atoms with E-state index in [1.54, 1.807) is 24.3 Å². The Morgan fingerprint density at radius 3 is 2.33 bits per heavy atom. The minimum atomic E-state index is -2.22. The summed E-state index contributed by atoms with van der Waals surface area (Å²) >= 11 is 12.1. The highest BCUT2D eigenvalue weighted by molar-refractivity contribution is 6.48. The number of fused-ring (bicyclic) bond motifs is 2. The molecule has 0 amide bonds. The fourth-order valence-electron chi connectivity index (χ4n) is 4.26. The molecule has 0 radical (unpaired) electrons. The Morgan fingerprint density at radius 2 is 1.73 bits per heavy atom. The van der Waals surface area contributed by atoms with Gasteiger partial charge in [-0.3, -0.25) is 9.59 Å². The molecule has 8 heteroatoms. The van der Waals surface area contributed by atoms with Gasteiger partial charge in [-0.2, -0.15) is 10.5 Å². The lowest BCUT2D eigenvalue weighted by Gasteiger charge is -2.51. The summed E-state index contributed by atoms with van der Waals surface area (Å²) in [5.41, 5.74) is -3.86. The molecule has 3 aliphatic carbocycles. The smallest absolute Gasteiger partial charge is 0.344 e. The van der Waals surface area contributed by atoms with Crippen LogP contribution in [0.25, 0.3) is 16.9 Å². The molecule has 0 aromatic carbocycles. The lowest BCUT2D eigenvalue weighted by Crippen LogP contribution is -2.66. The highest BCUT2D eigenvalue weighted by Gasteiger charge is 2.75. The number of nitrogens with zero attached hydrogens (tertiary/aromatic N) is 2. The zero-order chi connectivity index (χ0) is 22.0. The van der Waals surface area contributed by atoms with Crippen LogP contribution in [-0.2, 0) is 9.59 Å². The number of carbonyl (C=O) groups is 2. The first kappa shape index (κ1) is 20.3. The number of carbonyl (C=O) groups excluding carboxylic acids is 2. The SMILES string of the molecule is CC(C)c1cccc2oc(=O)c(C3=CC4(C#N)C(=O)C(Cl)C(Cl)C(=O)C34C#N)c-2c1. The molecule has 0 spiro atoms. The van der Waals surface area contributed by atoms with E-state index in [4.69, 9.17) is 27.6 Å². The van der Waals surface area contributed by atoms with Gasteiger partial charge >= 0.3 is 5.63 Å². The predicted octanol–water partition coefficient (Wildman–Crippen LogP) is 3.65. The van der Waals surface area contributed by atoms with Gasteiger partial charge in [0.05, 0.1) is 17.7 Å². The summed E-state index contributed by atoms with van der Waals surface area (Å²) in [5, 5.41) is 16.9. The summed E-state index contributed by atoms with van der Waals surface area (Å²) in [5.74, 6) is -1.31. The third-order valence-electron chi connectivity index (χ3n) is 5.94. The van der Waals surface area contributed by atoms with Gasteiger partial charge in [0.25, 0.3) is 0 Å². The quantitative estimate of drug-likeness (QED) is 0.658. The van der Waals surface area contributed by atoms with E-state index in [0.29, 0.717) is 5.56 Å². The summed E-state index contributed by atoms with van der Waals surface area (Å²) < 4.78 is 5.35. The van der Waals surface area contributed by atoms with Crippen molar-refractivity contribution < 1.29 is 14.0 Å². The molecule has 1 heterocycles. The summed E-state index contributed by atoms with van der Waals surface area (Å²) in [6, 6.07) is 10.6. The first-order valence-corrected chi connectivity index (χ1v) is 10.0. The van der Waals surface area contributed by atoms with Gasteiger partial charge in [-0.25, -0.2) is 4.79 Å². The molecular formula is C22H14Cl2N2O4. The molecule has 0 bridgehead atoms. The molecule has 30 heavy (non-hydrogen) atoms. The summed E-state index contributed by atoms with van der Waals surface area (Å²) in [6.07, 6.45) is 1.18. The van der Waals surface area contributed by atoms with Crippen LogP contribution in [0.1, 0.15) is 30.9 Å². The van der Waals surface area contributed by atoms with Crippen molar-refractivity contribution in [1.29, 1.82) is 10.5 Å². The number of halogens is 2. The average Bonchev–Trinajstić information content (AvgIpc) is 2.87. The zero-order valence-electron chi connectivity index (χ0n) is 15.9. The largest absolute Gasteiger partial charge is 0.422 e. The van der Waals surface area contributed by atoms with Crippen molar-refractivity contribution in [3.63, 3.8) is 0 Å². The molecule has 4 aliphatic rings. The van der Waals surface area contributed by atoms with Gasteiger partial charge in [0, 0.05) is 5.56 Å². The summed E-state index contributed by atoms with van der Waals surface area (Å²) in [7, 11) is 0. The second-order valence-electron chi connectivity index (χ2n) is 7.74. The predicted molar refractivity (Wildman–Crippen MR) is 109 cm³/mol. The van der Waals surface area contributed by atoms with Gasteiger partial charge in [0.1, 0.15) is 16.5 Å². The average molecular weight is 441 g/mol. The Hall–Kier alpha value is -2.93. The van der Waals surface area contributed by atoms with Crippen molar-refractivity contribution in [3.05, 3.63) is 51.9 Å². The minimum absolute atomic E-state index is 0.0198. The van der Waals surface area contributed by atoms with Crippen LogP contribution in [0, 0.1) is 33.5 Å². The van der Waals surface area contributed by atoms with E-state index in [9.17, 15) is 24.9 Å². The number of hydrogen-bond acceptors (Lipinski definition) is 6. The van der Waals surface area contributed by atoms with Crippen molar-refractivity contribution in [3.8, 4) is 23.5 Å². The van der Waals surface area contributed by atoms with Crippen molar-refractivity contribution in [2.75, 3.05) is 0 Å². The molecule has 1 aliphatic heterocycles. The number of furan rings is 1. The third kappa shape index (κ3) is 2.21. The zero-order valence-corrected chi connectivity index (χ0v) is 17.4. The van der Waals surface area contributed by atoms with Gasteiger partial charge in [-0.15, -0.1) is 23.2 Å². The number of hydrogen-bond donors (Lipinski definition) is 0. The van der Waals surface area contributed by atoms with E-state index < -0.39 is 38.8 Å². The topological polar surface area (TPSA) is 112 Å². The highest BCUT2D eigenvalue weighted by Crippen LogP contribution is 2.64. The van der Waals surface area contributed by atoms with Crippen LogP contribution in [0.4, 0.5) is 0 Å². The number of nitriles is 2. The number of alkyl halides is 2. The van der Waals surface area contributed by atoms with Gasteiger partial charge in [0.15, 0.2) is 22.4 Å². The molecule has 4 unspecified atom stereocenters. The van der Waals surface area contributed by atoms with Crippen molar-refractivity contribution >= 4 is 40.3 Å². The first-order chi connectivity index (χ1) is 14.2. The molecule has 1 saturated carbocycles. The first-order valence-electron chi connectivity index (χ1n) is 9.16. The maximum absolute atomic E-state index is 13.1. The molecule has 150 valence electrons. The highest BCUT2D eigenvalue weighted by atomic mass is 35.5. The molecular weight excluding hydrogens is 427 g/mol. The third-order valence-corrected chi connectivity index (χ3v) is 6.97. The Kier molecular flexibility index (Phi) is 4.43. The van der Waals surface area contributed by atoms with E-state index >= 15 is 0 Å². The minimum Gasteiger partial charge on any atom is -0.422 e. The fraction of sp³-hybridized carbons (Fsp3) is 0.318. The van der Waals surface area contributed by atoms with Crippen LogP contribution in [0.2, 0.25) is 0 Å². The number of allylic oxidation sites excluding steroid dienone is 2. The maximum atomic E-state index is 13.1. The second-order valence-corrected chi connectivity index (χ2v) is 8.68. The van der Waals surface area contributed by atoms with E-state index in [1.807, 2.05) is 26.0 Å². The summed E-state index contributed by atoms with van der Waals surface area (Å²) in [6.45, 7) is 3.95. The van der Waals surface area contributed by atoms with Gasteiger partial charge in [-0.1, -0.05) is 26.0 Å². The van der Waals surface area contributed by atoms with Crippen LogP contribution in [0.15, 0.2) is 39.6 Å². The molecule has 0 N–H and O–H groups in total. The molecule has 4 rings (SSSR count). The molecule has 4 atom stereocenters. The van der Waals surface area contributed by atoms with Gasteiger partial charge in [0.2, 0.25) is 0 Å². The van der Waals surface area contributed by atoms with Gasteiger partial charge < -0.3 is 4.42 Å². The Morgan fingerprint density at radius 1 is 1.07 bits per heavy atom. The Labute approximate surface area is 181 Å². The van der Waals surface area contributed by atoms with E-state index in [-0.39, 0.29) is 22.8 Å². The fourth-order valence-corrected chi connectivity index (χ4v) is 4.82. The Bertz CT molecular complexity index is 1270. The van der Waals surface area contributed by atoms with Crippen LogP contribution in [0.5, 0.6) is 0 Å². The van der Waals surface area contributed by atoms with Crippen LogP contribution >= 0.6 is 23.2 Å². The molecule has 1 fully saturated rings. The summed E-state index contributed by atoms with van der Waals surface area (Å²) in [4.78, 5) is 38.7. The van der Waals surface area contributed by atoms with Crippen LogP contribution in [0.3, 0.4) is 0 Å². The number of ketones is 2. The molecule has 6 nitrogen and oxygen atoms in total. The molecule has 0 aromatic rings. The van der Waals surface area contributed by atoms with Crippen LogP contribution < -0.4 is 5.63 Å². The maximum Gasteiger partial charge on any atom is 0.344 e. The number of Topliss-reactive ketones (excluding diaryl/α,β-unsaturated/α-hetero) is 2. The number of rotatable bonds is 2. The van der Waals surface area contributed by atoms with E-state index in [1.165, 1.54) is 6.08 Å². The molecule has 0 saturated heterocycles. The normalized spacial score (nSPS) is 30.3. The van der Waals surface area contributed by atoms with E-state index in [2.05, 4.69) is 0 Å².